The highest BCUT2D eigenvalue weighted by atomic mass is 79.9. The molecule has 2 aromatic carbocycles. The molecule has 0 bridgehead atoms. The van der Waals surface area contributed by atoms with Crippen molar-refractivity contribution in [1.29, 1.82) is 0 Å². The molecule has 0 amide bonds. The molecule has 0 saturated heterocycles. The fourth-order valence-electron chi connectivity index (χ4n) is 1.92. The summed E-state index contributed by atoms with van der Waals surface area (Å²) in [6.45, 7) is -0.135. The molecule has 0 aliphatic heterocycles. The lowest BCUT2D eigenvalue weighted by atomic mass is 10.1. The Hall–Kier alpha value is -1.53. The van der Waals surface area contributed by atoms with E-state index in [0.29, 0.717) is 15.8 Å². The molecule has 2 nitrogen and oxygen atoms in total. The van der Waals surface area contributed by atoms with Gasteiger partial charge in [0.05, 0.1) is 13.7 Å². The van der Waals surface area contributed by atoms with Gasteiger partial charge in [0.2, 0.25) is 0 Å². The molecule has 2 aromatic rings. The van der Waals surface area contributed by atoms with Crippen LogP contribution in [0.5, 0.6) is 5.75 Å². The predicted octanol–water partition coefficient (Wildman–Crippen LogP) is 5.28. The van der Waals surface area contributed by atoms with Crippen LogP contribution in [0.2, 0.25) is 0 Å². The van der Waals surface area contributed by atoms with Crippen molar-refractivity contribution in [2.24, 2.45) is 0 Å². The van der Waals surface area contributed by atoms with Gasteiger partial charge >= 0.3 is 6.18 Å². The van der Waals surface area contributed by atoms with Crippen molar-refractivity contribution in [3.05, 3.63) is 64.1 Å². The lowest BCUT2D eigenvalue weighted by Crippen LogP contribution is -2.23. The summed E-state index contributed by atoms with van der Waals surface area (Å²) in [6.07, 6.45) is -6.43. The predicted molar refractivity (Wildman–Crippen MR) is 80.7 cm³/mol. The Kier molecular flexibility index (Phi) is 5.47. The SMILES string of the molecule is COc1ccc(COC(c2ccc(Br)cc2)C(F)(F)F)cc1. The molecule has 0 aliphatic rings. The summed E-state index contributed by atoms with van der Waals surface area (Å²) in [5.74, 6) is 0.643. The number of rotatable bonds is 5. The van der Waals surface area contributed by atoms with E-state index < -0.39 is 12.3 Å². The summed E-state index contributed by atoms with van der Waals surface area (Å²) in [5.41, 5.74) is 0.719. The van der Waals surface area contributed by atoms with E-state index in [1.807, 2.05) is 0 Å². The number of benzene rings is 2. The van der Waals surface area contributed by atoms with Gasteiger partial charge in [-0.15, -0.1) is 0 Å². The highest BCUT2D eigenvalue weighted by Gasteiger charge is 2.41. The fourth-order valence-corrected chi connectivity index (χ4v) is 2.18. The molecule has 22 heavy (non-hydrogen) atoms. The molecule has 0 N–H and O–H groups in total. The minimum atomic E-state index is -4.47. The van der Waals surface area contributed by atoms with E-state index in [1.165, 1.54) is 19.2 Å². The zero-order valence-electron chi connectivity index (χ0n) is 11.7. The molecule has 118 valence electrons. The highest BCUT2D eigenvalue weighted by molar-refractivity contribution is 9.10. The van der Waals surface area contributed by atoms with E-state index in [2.05, 4.69) is 15.9 Å². The molecule has 6 heteroatoms. The molecule has 0 aliphatic carbocycles. The first kappa shape index (κ1) is 16.8. The normalized spacial score (nSPS) is 13.0. The minimum absolute atomic E-state index is 0.0733. The van der Waals surface area contributed by atoms with Crippen molar-refractivity contribution < 1.29 is 22.6 Å². The lowest BCUT2D eigenvalue weighted by molar-refractivity contribution is -0.227. The summed E-state index contributed by atoms with van der Waals surface area (Å²) in [6, 6.07) is 12.6. The third kappa shape index (κ3) is 4.48. The number of ether oxygens (including phenoxy) is 2. The van der Waals surface area contributed by atoms with Gasteiger partial charge in [-0.3, -0.25) is 0 Å². The second-order valence-corrected chi connectivity index (χ2v) is 5.55. The quantitative estimate of drug-likeness (QED) is 0.708. The Morgan fingerprint density at radius 2 is 1.59 bits per heavy atom. The molecule has 2 rings (SSSR count). The van der Waals surface area contributed by atoms with Crippen LogP contribution in [0.25, 0.3) is 0 Å². The third-order valence-corrected chi connectivity index (χ3v) is 3.57. The number of halogens is 4. The molecule has 1 atom stereocenters. The van der Waals surface area contributed by atoms with Gasteiger partial charge in [0.1, 0.15) is 5.75 Å². The topological polar surface area (TPSA) is 18.5 Å². The number of hydrogen-bond acceptors (Lipinski definition) is 2. The van der Waals surface area contributed by atoms with Crippen LogP contribution in [0.4, 0.5) is 13.2 Å². The Morgan fingerprint density at radius 3 is 2.09 bits per heavy atom. The highest BCUT2D eigenvalue weighted by Crippen LogP contribution is 2.36. The third-order valence-electron chi connectivity index (χ3n) is 3.05. The molecule has 0 aromatic heterocycles. The number of alkyl halides is 3. The molecule has 0 saturated carbocycles. The van der Waals surface area contributed by atoms with Gasteiger partial charge in [0, 0.05) is 4.47 Å². The maximum atomic E-state index is 13.2. The molecule has 0 radical (unpaired) electrons. The van der Waals surface area contributed by atoms with Crippen molar-refractivity contribution in [3.8, 4) is 5.75 Å². The van der Waals surface area contributed by atoms with Crippen LogP contribution in [0, 0.1) is 0 Å². The maximum absolute atomic E-state index is 13.2. The van der Waals surface area contributed by atoms with E-state index in [1.54, 1.807) is 36.4 Å². The summed E-state index contributed by atoms with van der Waals surface area (Å²) < 4.78 is 50.3. The van der Waals surface area contributed by atoms with Crippen molar-refractivity contribution in [2.45, 2.75) is 18.9 Å². The summed E-state index contributed by atoms with van der Waals surface area (Å²) in [7, 11) is 1.53. The van der Waals surface area contributed by atoms with Gasteiger partial charge in [-0.25, -0.2) is 0 Å². The molecule has 0 spiro atoms. The number of hydrogen-bond donors (Lipinski definition) is 0. The second-order valence-electron chi connectivity index (χ2n) is 4.63. The number of methoxy groups -OCH3 is 1. The first-order valence-corrected chi connectivity index (χ1v) is 7.26. The first-order chi connectivity index (χ1) is 10.4. The lowest BCUT2D eigenvalue weighted by Gasteiger charge is -2.21. The van der Waals surface area contributed by atoms with Crippen molar-refractivity contribution >= 4 is 15.9 Å². The second kappa shape index (κ2) is 7.15. The van der Waals surface area contributed by atoms with Crippen LogP contribution in [-0.4, -0.2) is 13.3 Å². The standard InChI is InChI=1S/C16H14BrF3O2/c1-21-14-8-2-11(3-9-14)10-22-15(16(18,19)20)12-4-6-13(17)7-5-12/h2-9,15H,10H2,1H3. The minimum Gasteiger partial charge on any atom is -0.497 e. The van der Waals surface area contributed by atoms with Crippen LogP contribution in [0.15, 0.2) is 53.0 Å². The van der Waals surface area contributed by atoms with E-state index in [4.69, 9.17) is 9.47 Å². The van der Waals surface area contributed by atoms with E-state index in [0.717, 1.165) is 0 Å². The Balaban J connectivity index is 2.11. The molecule has 0 heterocycles. The van der Waals surface area contributed by atoms with E-state index in [-0.39, 0.29) is 12.2 Å². The van der Waals surface area contributed by atoms with Crippen LogP contribution in [0.3, 0.4) is 0 Å². The van der Waals surface area contributed by atoms with Crippen LogP contribution in [-0.2, 0) is 11.3 Å². The summed E-state index contributed by atoms with van der Waals surface area (Å²) in [5, 5.41) is 0. The molecule has 0 fully saturated rings. The average molecular weight is 375 g/mol. The average Bonchev–Trinajstić information content (AvgIpc) is 2.48. The monoisotopic (exact) mass is 374 g/mol. The van der Waals surface area contributed by atoms with Gasteiger partial charge in [-0.05, 0) is 35.4 Å². The molecule has 1 unspecified atom stereocenters. The van der Waals surface area contributed by atoms with Gasteiger partial charge in [-0.2, -0.15) is 13.2 Å². The van der Waals surface area contributed by atoms with Crippen LogP contribution in [0.1, 0.15) is 17.2 Å². The zero-order chi connectivity index (χ0) is 16.2. The zero-order valence-corrected chi connectivity index (χ0v) is 13.3. The largest absolute Gasteiger partial charge is 0.497 e. The van der Waals surface area contributed by atoms with Gasteiger partial charge in [-0.1, -0.05) is 40.2 Å². The maximum Gasteiger partial charge on any atom is 0.418 e. The summed E-state index contributed by atoms with van der Waals surface area (Å²) >= 11 is 3.20. The van der Waals surface area contributed by atoms with Crippen molar-refractivity contribution in [1.82, 2.24) is 0 Å². The van der Waals surface area contributed by atoms with Crippen LogP contribution >= 0.6 is 15.9 Å². The molecular weight excluding hydrogens is 361 g/mol. The molecular formula is C16H14BrF3O2. The summed E-state index contributed by atoms with van der Waals surface area (Å²) in [4.78, 5) is 0. The van der Waals surface area contributed by atoms with Gasteiger partial charge in [0.25, 0.3) is 0 Å². The van der Waals surface area contributed by atoms with Crippen LogP contribution < -0.4 is 4.74 Å². The van der Waals surface area contributed by atoms with Crippen molar-refractivity contribution in [3.63, 3.8) is 0 Å². The Labute approximate surface area is 135 Å². The van der Waals surface area contributed by atoms with E-state index in [9.17, 15) is 13.2 Å². The van der Waals surface area contributed by atoms with Crippen molar-refractivity contribution in [2.75, 3.05) is 7.11 Å². The Bertz CT molecular complexity index is 594. The first-order valence-electron chi connectivity index (χ1n) is 6.47. The van der Waals surface area contributed by atoms with Gasteiger partial charge < -0.3 is 9.47 Å². The Morgan fingerprint density at radius 1 is 1.00 bits per heavy atom. The fraction of sp³-hybridized carbons (Fsp3) is 0.250. The van der Waals surface area contributed by atoms with Gasteiger partial charge in [0.15, 0.2) is 6.10 Å². The van der Waals surface area contributed by atoms with E-state index >= 15 is 0 Å². The smallest absolute Gasteiger partial charge is 0.418 e.